The van der Waals surface area contributed by atoms with Crippen LogP contribution in [0.4, 0.5) is 5.69 Å². The fourth-order valence-corrected chi connectivity index (χ4v) is 4.37. The second-order valence-corrected chi connectivity index (χ2v) is 9.09. The Morgan fingerprint density at radius 2 is 1.75 bits per heavy atom. The number of benzene rings is 2. The Labute approximate surface area is 194 Å². The second-order valence-electron chi connectivity index (χ2n) is 9.09. The van der Waals surface area contributed by atoms with E-state index in [2.05, 4.69) is 10.3 Å². The Morgan fingerprint density at radius 1 is 1.06 bits per heavy atom. The van der Waals surface area contributed by atoms with Gasteiger partial charge in [-0.15, -0.1) is 12.4 Å². The van der Waals surface area contributed by atoms with Crippen molar-refractivity contribution in [2.24, 2.45) is 15.7 Å². The Balaban J connectivity index is 0.00000245. The predicted octanol–water partition coefficient (Wildman–Crippen LogP) is 3.43. The number of piperidine rings is 1. The first-order chi connectivity index (χ1) is 14.8. The molecule has 1 amide bonds. The fourth-order valence-electron chi connectivity index (χ4n) is 4.37. The van der Waals surface area contributed by atoms with Gasteiger partial charge in [0.2, 0.25) is 5.90 Å². The molecule has 32 heavy (non-hydrogen) atoms. The molecule has 3 N–H and O–H groups in total. The van der Waals surface area contributed by atoms with Gasteiger partial charge >= 0.3 is 0 Å². The molecule has 0 radical (unpaired) electrons. The summed E-state index contributed by atoms with van der Waals surface area (Å²) < 4.78 is 5.69. The maximum atomic E-state index is 13.1. The van der Waals surface area contributed by atoms with Crippen molar-refractivity contribution in [3.05, 3.63) is 65.2 Å². The molecule has 0 saturated carbocycles. The van der Waals surface area contributed by atoms with Crippen LogP contribution in [0.3, 0.4) is 0 Å². The van der Waals surface area contributed by atoms with Gasteiger partial charge in [0.25, 0.3) is 5.91 Å². The van der Waals surface area contributed by atoms with Crippen molar-refractivity contribution in [3.63, 3.8) is 0 Å². The molecule has 0 aliphatic carbocycles. The first-order valence-electron chi connectivity index (χ1n) is 10.7. The molecule has 1 saturated heterocycles. The summed E-state index contributed by atoms with van der Waals surface area (Å²) in [6.45, 7) is 5.90. The minimum absolute atomic E-state index is 0. The summed E-state index contributed by atoms with van der Waals surface area (Å²) in [5, 5.41) is 3.55. The Hall–Kier alpha value is -3.06. The van der Waals surface area contributed by atoms with Crippen molar-refractivity contribution in [1.29, 1.82) is 0 Å². The molecule has 1 spiro atoms. The van der Waals surface area contributed by atoms with Gasteiger partial charge < -0.3 is 20.7 Å². The average molecular weight is 454 g/mol. The molecule has 2 aromatic rings. The number of nitrogens with zero attached hydrogens (tertiary/aromatic N) is 3. The molecular weight excluding hydrogens is 426 g/mol. The summed E-state index contributed by atoms with van der Waals surface area (Å²) in [5.41, 5.74) is 9.10. The molecule has 7 nitrogen and oxygen atoms in total. The number of likely N-dealkylation sites (tertiary alicyclic amines) is 1. The van der Waals surface area contributed by atoms with Gasteiger partial charge in [-0.1, -0.05) is 12.1 Å². The Morgan fingerprint density at radius 3 is 2.41 bits per heavy atom. The van der Waals surface area contributed by atoms with Crippen molar-refractivity contribution in [3.8, 4) is 0 Å². The highest BCUT2D eigenvalue weighted by Gasteiger charge is 2.39. The van der Waals surface area contributed by atoms with Gasteiger partial charge in [0.05, 0.1) is 5.54 Å². The van der Waals surface area contributed by atoms with E-state index in [0.717, 1.165) is 16.8 Å². The van der Waals surface area contributed by atoms with E-state index in [-0.39, 0.29) is 23.9 Å². The molecule has 1 fully saturated rings. The van der Waals surface area contributed by atoms with Crippen LogP contribution >= 0.6 is 12.4 Å². The summed E-state index contributed by atoms with van der Waals surface area (Å²) in [5.74, 6) is 1.23. The maximum absolute atomic E-state index is 13.1. The molecular formula is C24H28ClN5O2. The first-order valence-corrected chi connectivity index (χ1v) is 10.7. The van der Waals surface area contributed by atoms with Crippen LogP contribution in [-0.2, 0) is 4.74 Å². The van der Waals surface area contributed by atoms with E-state index in [1.165, 1.54) is 0 Å². The van der Waals surface area contributed by atoms with E-state index in [0.29, 0.717) is 49.8 Å². The van der Waals surface area contributed by atoms with Gasteiger partial charge in [-0.25, -0.2) is 9.98 Å². The van der Waals surface area contributed by atoms with Crippen LogP contribution < -0.4 is 11.1 Å². The third kappa shape index (κ3) is 4.05. The number of amides is 1. The third-order valence-electron chi connectivity index (χ3n) is 6.13. The zero-order valence-corrected chi connectivity index (χ0v) is 19.1. The Kier molecular flexibility index (Phi) is 5.63. The lowest BCUT2D eigenvalue weighted by Crippen LogP contribution is -2.52. The van der Waals surface area contributed by atoms with Crippen LogP contribution in [0.5, 0.6) is 0 Å². The summed E-state index contributed by atoms with van der Waals surface area (Å²) in [7, 11) is 0. The highest BCUT2D eigenvalue weighted by molar-refractivity contribution is 6.04. The number of nitrogens with two attached hydrogens (primary N) is 1. The number of aliphatic imine (C=N–C) groups is 2. The van der Waals surface area contributed by atoms with E-state index < -0.39 is 5.66 Å². The van der Waals surface area contributed by atoms with Crippen LogP contribution in [0.2, 0.25) is 0 Å². The number of carbonyl (C=O) groups is 1. The van der Waals surface area contributed by atoms with Gasteiger partial charge in [-0.2, -0.15) is 0 Å². The number of amidine groups is 1. The SMILES string of the molecule is CC1(C)COC(c2ccc(C(=O)N3CCC4(CC3)N=C(N)c3ccccc3N4)cc2)=N1.Cl. The summed E-state index contributed by atoms with van der Waals surface area (Å²) in [4.78, 5) is 24.3. The van der Waals surface area contributed by atoms with Crippen molar-refractivity contribution >= 4 is 35.7 Å². The van der Waals surface area contributed by atoms with Crippen LogP contribution in [0.25, 0.3) is 0 Å². The molecule has 3 aliphatic rings. The molecule has 2 aromatic carbocycles. The summed E-state index contributed by atoms with van der Waals surface area (Å²) in [6, 6.07) is 15.5. The average Bonchev–Trinajstić information content (AvgIpc) is 3.14. The van der Waals surface area contributed by atoms with E-state index in [9.17, 15) is 4.79 Å². The standard InChI is InChI=1S/C24H27N5O2.ClH/c1-23(2)15-31-21(28-23)16-7-9-17(10-8-16)22(30)29-13-11-24(12-14-29)26-19-6-4-3-5-18(19)20(25)27-24;/h3-10,26H,11-15H2,1-2H3,(H2,25,27);1H. The maximum Gasteiger partial charge on any atom is 0.253 e. The number of nitrogens with one attached hydrogen (secondary N) is 1. The van der Waals surface area contributed by atoms with Crippen molar-refractivity contribution in [2.75, 3.05) is 25.0 Å². The van der Waals surface area contributed by atoms with E-state index in [1.54, 1.807) is 0 Å². The third-order valence-corrected chi connectivity index (χ3v) is 6.13. The van der Waals surface area contributed by atoms with Crippen molar-refractivity contribution in [1.82, 2.24) is 4.90 Å². The monoisotopic (exact) mass is 453 g/mol. The molecule has 0 atom stereocenters. The summed E-state index contributed by atoms with van der Waals surface area (Å²) in [6.07, 6.45) is 1.43. The largest absolute Gasteiger partial charge is 0.475 e. The van der Waals surface area contributed by atoms with Gasteiger partial charge in [0.1, 0.15) is 18.1 Å². The van der Waals surface area contributed by atoms with Crippen molar-refractivity contribution < 1.29 is 9.53 Å². The fraction of sp³-hybridized carbons (Fsp3) is 0.375. The normalized spacial score (nSPS) is 20.2. The number of halogens is 1. The number of fused-ring (bicyclic) bond motifs is 1. The van der Waals surface area contributed by atoms with Crippen LogP contribution in [0, 0.1) is 0 Å². The molecule has 3 heterocycles. The lowest BCUT2D eigenvalue weighted by molar-refractivity contribution is 0.0685. The van der Waals surface area contributed by atoms with Crippen LogP contribution in [0.1, 0.15) is 48.2 Å². The highest BCUT2D eigenvalue weighted by atomic mass is 35.5. The van der Waals surface area contributed by atoms with Gasteiger partial charge in [0.15, 0.2) is 0 Å². The first kappa shape index (κ1) is 22.1. The molecule has 3 aliphatic heterocycles. The predicted molar refractivity (Wildman–Crippen MR) is 129 cm³/mol. The zero-order valence-electron chi connectivity index (χ0n) is 18.3. The Bertz CT molecular complexity index is 1090. The number of para-hydroxylation sites is 1. The van der Waals surface area contributed by atoms with E-state index in [4.69, 9.17) is 15.5 Å². The van der Waals surface area contributed by atoms with Crippen molar-refractivity contribution in [2.45, 2.75) is 37.9 Å². The number of ether oxygens (including phenoxy) is 1. The van der Waals surface area contributed by atoms with Crippen LogP contribution in [0.15, 0.2) is 58.5 Å². The molecule has 168 valence electrons. The minimum atomic E-state index is -0.441. The van der Waals surface area contributed by atoms with Gasteiger partial charge in [0, 0.05) is 48.3 Å². The molecule has 0 aromatic heterocycles. The highest BCUT2D eigenvalue weighted by Crippen LogP contribution is 2.34. The van der Waals surface area contributed by atoms with Gasteiger partial charge in [-0.3, -0.25) is 4.79 Å². The topological polar surface area (TPSA) is 92.3 Å². The number of anilines is 1. The number of carbonyl (C=O) groups excluding carboxylic acids is 1. The smallest absolute Gasteiger partial charge is 0.253 e. The molecule has 0 unspecified atom stereocenters. The minimum Gasteiger partial charge on any atom is -0.475 e. The quantitative estimate of drug-likeness (QED) is 0.728. The second kappa shape index (κ2) is 8.13. The lowest BCUT2D eigenvalue weighted by atomic mass is 9.93. The lowest BCUT2D eigenvalue weighted by Gasteiger charge is -2.42. The van der Waals surface area contributed by atoms with Gasteiger partial charge in [-0.05, 0) is 50.2 Å². The molecule has 5 rings (SSSR count). The number of hydrogen-bond donors (Lipinski definition) is 2. The molecule has 8 heteroatoms. The zero-order chi connectivity index (χ0) is 21.6. The summed E-state index contributed by atoms with van der Waals surface area (Å²) >= 11 is 0. The van der Waals surface area contributed by atoms with Crippen LogP contribution in [-0.4, -0.2) is 53.4 Å². The van der Waals surface area contributed by atoms with E-state index in [1.807, 2.05) is 67.3 Å². The number of hydrogen-bond acceptors (Lipinski definition) is 6. The van der Waals surface area contributed by atoms with E-state index >= 15 is 0 Å². The number of rotatable bonds is 2. The molecule has 0 bridgehead atoms.